The molecule has 1 aromatic heterocycles. The molecular formula is C26H35FN2O3S. The molecule has 0 saturated carbocycles. The van der Waals surface area contributed by atoms with E-state index >= 15 is 0 Å². The number of amides is 2. The Morgan fingerprint density at radius 1 is 1.21 bits per heavy atom. The third-order valence-corrected chi connectivity index (χ3v) is 7.12. The number of thiophene rings is 1. The van der Waals surface area contributed by atoms with Crippen LogP contribution < -0.4 is 4.74 Å². The lowest BCUT2D eigenvalue weighted by molar-refractivity contribution is -0.143. The van der Waals surface area contributed by atoms with Crippen LogP contribution in [0.15, 0.2) is 35.7 Å². The summed E-state index contributed by atoms with van der Waals surface area (Å²) in [6.07, 6.45) is 2.20. The smallest absolute Gasteiger partial charge is 0.242 e. The second-order valence-electron chi connectivity index (χ2n) is 9.30. The van der Waals surface area contributed by atoms with Gasteiger partial charge in [0.1, 0.15) is 18.2 Å². The van der Waals surface area contributed by atoms with E-state index in [2.05, 4.69) is 19.9 Å². The van der Waals surface area contributed by atoms with Crippen LogP contribution in [0, 0.1) is 17.7 Å². The van der Waals surface area contributed by atoms with E-state index < -0.39 is 0 Å². The predicted molar refractivity (Wildman–Crippen MR) is 130 cm³/mol. The lowest BCUT2D eigenvalue weighted by atomic mass is 10.00. The molecule has 3 rings (SSSR count). The molecule has 1 aromatic carbocycles. The highest BCUT2D eigenvalue weighted by Gasteiger charge is 2.33. The summed E-state index contributed by atoms with van der Waals surface area (Å²) in [5.41, 5.74) is 1.10. The van der Waals surface area contributed by atoms with Crippen LogP contribution in [0.5, 0.6) is 5.75 Å². The minimum absolute atomic E-state index is 0.0333. The van der Waals surface area contributed by atoms with E-state index in [1.54, 1.807) is 28.4 Å². The van der Waals surface area contributed by atoms with E-state index in [0.717, 1.165) is 18.4 Å². The Balaban J connectivity index is 1.76. The molecule has 1 aliphatic heterocycles. The van der Waals surface area contributed by atoms with Crippen molar-refractivity contribution >= 4 is 23.2 Å². The van der Waals surface area contributed by atoms with E-state index in [9.17, 15) is 14.0 Å². The molecule has 5 nitrogen and oxygen atoms in total. The highest BCUT2D eigenvalue weighted by atomic mass is 32.1. The van der Waals surface area contributed by atoms with E-state index in [0.29, 0.717) is 31.2 Å². The first kappa shape index (κ1) is 25.2. The summed E-state index contributed by atoms with van der Waals surface area (Å²) in [5.74, 6) is 0.801. The molecular weight excluding hydrogens is 439 g/mol. The zero-order valence-corrected chi connectivity index (χ0v) is 20.9. The number of hydrogen-bond acceptors (Lipinski definition) is 4. The fourth-order valence-electron chi connectivity index (χ4n) is 4.07. The number of carbonyl (C=O) groups is 2. The normalized spacial score (nSPS) is 16.4. The van der Waals surface area contributed by atoms with Crippen LogP contribution in [-0.2, 0) is 16.0 Å². The molecule has 0 saturated heterocycles. The molecule has 0 radical (unpaired) electrons. The van der Waals surface area contributed by atoms with Crippen molar-refractivity contribution < 1.29 is 18.7 Å². The summed E-state index contributed by atoms with van der Waals surface area (Å²) in [6, 6.07) is 7.74. The molecule has 0 N–H and O–H groups in total. The number of hydrogen-bond donors (Lipinski definition) is 0. The number of ether oxygens (including phenoxy) is 1. The van der Waals surface area contributed by atoms with Crippen LogP contribution in [0.2, 0.25) is 0 Å². The van der Waals surface area contributed by atoms with Gasteiger partial charge in [-0.2, -0.15) is 0 Å². The summed E-state index contributed by atoms with van der Waals surface area (Å²) in [7, 11) is 0. The fraction of sp³-hybridized carbons (Fsp3) is 0.538. The molecule has 0 spiro atoms. The van der Waals surface area contributed by atoms with E-state index in [4.69, 9.17) is 4.74 Å². The van der Waals surface area contributed by atoms with Gasteiger partial charge in [0.25, 0.3) is 0 Å². The zero-order chi connectivity index (χ0) is 24.0. The number of halogens is 1. The van der Waals surface area contributed by atoms with Crippen molar-refractivity contribution in [1.82, 2.24) is 9.80 Å². The zero-order valence-electron chi connectivity index (χ0n) is 20.1. The summed E-state index contributed by atoms with van der Waals surface area (Å²) < 4.78 is 19.2. The van der Waals surface area contributed by atoms with Crippen molar-refractivity contribution in [1.29, 1.82) is 0 Å². The van der Waals surface area contributed by atoms with Gasteiger partial charge in [0, 0.05) is 24.4 Å². The maximum atomic E-state index is 13.5. The van der Waals surface area contributed by atoms with Crippen LogP contribution in [0.3, 0.4) is 0 Å². The number of carbonyl (C=O) groups excluding carboxylic acids is 2. The third kappa shape index (κ3) is 6.79. The van der Waals surface area contributed by atoms with Gasteiger partial charge in [0.2, 0.25) is 11.8 Å². The Kier molecular flexibility index (Phi) is 8.89. The van der Waals surface area contributed by atoms with Crippen molar-refractivity contribution in [2.75, 3.05) is 26.2 Å². The Morgan fingerprint density at radius 3 is 2.61 bits per heavy atom. The van der Waals surface area contributed by atoms with Crippen LogP contribution in [-0.4, -0.2) is 47.9 Å². The third-order valence-electron chi connectivity index (χ3n) is 6.13. The fourth-order valence-corrected chi connectivity index (χ4v) is 5.00. The SMILES string of the molecule is CCC(C)CN(CC(=O)N1CCc2sccc2C1COc1ccc(F)cc1)C(=O)CC(C)C. The van der Waals surface area contributed by atoms with Gasteiger partial charge in [-0.05, 0) is 59.5 Å². The monoisotopic (exact) mass is 474 g/mol. The molecule has 0 fully saturated rings. The summed E-state index contributed by atoms with van der Waals surface area (Å²) in [4.78, 5) is 31.2. The molecule has 0 bridgehead atoms. The average molecular weight is 475 g/mol. The molecule has 2 heterocycles. The topological polar surface area (TPSA) is 49.9 Å². The average Bonchev–Trinajstić information content (AvgIpc) is 3.26. The van der Waals surface area contributed by atoms with Crippen molar-refractivity contribution in [2.45, 2.75) is 53.0 Å². The van der Waals surface area contributed by atoms with Gasteiger partial charge in [-0.15, -0.1) is 11.3 Å². The predicted octanol–water partition coefficient (Wildman–Crippen LogP) is 5.31. The number of benzene rings is 1. The van der Waals surface area contributed by atoms with Crippen LogP contribution in [0.4, 0.5) is 4.39 Å². The van der Waals surface area contributed by atoms with Gasteiger partial charge in [-0.25, -0.2) is 4.39 Å². The van der Waals surface area contributed by atoms with Gasteiger partial charge >= 0.3 is 0 Å². The largest absolute Gasteiger partial charge is 0.491 e. The molecule has 180 valence electrons. The minimum Gasteiger partial charge on any atom is -0.491 e. The van der Waals surface area contributed by atoms with E-state index in [1.165, 1.54) is 17.0 Å². The van der Waals surface area contributed by atoms with Gasteiger partial charge < -0.3 is 14.5 Å². The van der Waals surface area contributed by atoms with Crippen LogP contribution in [0.25, 0.3) is 0 Å². The molecule has 1 aliphatic rings. The highest BCUT2D eigenvalue weighted by molar-refractivity contribution is 7.10. The first-order chi connectivity index (χ1) is 15.8. The molecule has 2 unspecified atom stereocenters. The van der Waals surface area contributed by atoms with Crippen LogP contribution in [0.1, 0.15) is 57.0 Å². The van der Waals surface area contributed by atoms with Crippen molar-refractivity contribution in [3.05, 3.63) is 52.0 Å². The molecule has 0 aliphatic carbocycles. The first-order valence-electron chi connectivity index (χ1n) is 11.8. The summed E-state index contributed by atoms with van der Waals surface area (Å²) in [5, 5.41) is 2.05. The Labute approximate surface area is 200 Å². The molecule has 2 atom stereocenters. The van der Waals surface area contributed by atoms with Crippen molar-refractivity contribution in [2.24, 2.45) is 11.8 Å². The molecule has 33 heavy (non-hydrogen) atoms. The van der Waals surface area contributed by atoms with Crippen LogP contribution >= 0.6 is 11.3 Å². The summed E-state index contributed by atoms with van der Waals surface area (Å²) >= 11 is 1.70. The number of rotatable bonds is 10. The Hall–Kier alpha value is -2.41. The quantitative estimate of drug-likeness (QED) is 0.469. The lowest BCUT2D eigenvalue weighted by Crippen LogP contribution is -2.48. The van der Waals surface area contributed by atoms with Gasteiger partial charge in [0.05, 0.1) is 12.6 Å². The standard InChI is InChI=1S/C26H35FN2O3S/c1-5-19(4)15-28(25(30)14-18(2)3)16-26(31)29-12-10-24-22(11-13-33-24)23(29)17-32-21-8-6-20(27)7-9-21/h6-9,11,13,18-19,23H,5,10,12,14-17H2,1-4H3. The Bertz CT molecular complexity index is 928. The van der Waals surface area contributed by atoms with Gasteiger partial charge in [-0.1, -0.05) is 34.1 Å². The number of fused-ring (bicyclic) bond motifs is 1. The van der Waals surface area contributed by atoms with Gasteiger partial charge in [-0.3, -0.25) is 9.59 Å². The maximum Gasteiger partial charge on any atom is 0.242 e. The molecule has 2 aromatic rings. The molecule has 2 amide bonds. The second kappa shape index (κ2) is 11.6. The van der Waals surface area contributed by atoms with Gasteiger partial charge in [0.15, 0.2) is 0 Å². The second-order valence-corrected chi connectivity index (χ2v) is 10.3. The lowest BCUT2D eigenvalue weighted by Gasteiger charge is -2.37. The van der Waals surface area contributed by atoms with E-state index in [1.807, 2.05) is 24.1 Å². The Morgan fingerprint density at radius 2 is 1.94 bits per heavy atom. The first-order valence-corrected chi connectivity index (χ1v) is 12.7. The minimum atomic E-state index is -0.315. The molecule has 7 heteroatoms. The summed E-state index contributed by atoms with van der Waals surface area (Å²) in [6.45, 7) is 9.80. The van der Waals surface area contributed by atoms with E-state index in [-0.39, 0.29) is 42.7 Å². The van der Waals surface area contributed by atoms with Crippen molar-refractivity contribution in [3.63, 3.8) is 0 Å². The van der Waals surface area contributed by atoms with Crippen molar-refractivity contribution in [3.8, 4) is 5.75 Å². The highest BCUT2D eigenvalue weighted by Crippen LogP contribution is 2.34. The maximum absolute atomic E-state index is 13.5. The number of nitrogens with zero attached hydrogens (tertiary/aromatic N) is 2.